The number of aryl methyl sites for hydroxylation is 1. The maximum Gasteiger partial charge on any atom is 0.188 e. The Kier molecular flexibility index (Phi) is 11.7. The molecular weight excluding hydrogens is 328 g/mol. The van der Waals surface area contributed by atoms with Crippen LogP contribution in [-0.4, -0.2) is 38.1 Å². The zero-order chi connectivity index (χ0) is 16.9. The van der Waals surface area contributed by atoms with Crippen molar-refractivity contribution in [3.8, 4) is 5.75 Å². The van der Waals surface area contributed by atoms with Gasteiger partial charge in [0.1, 0.15) is 5.75 Å². The summed E-state index contributed by atoms with van der Waals surface area (Å²) in [6.07, 6.45) is 12.4. The van der Waals surface area contributed by atoms with Gasteiger partial charge in [0.25, 0.3) is 0 Å². The van der Waals surface area contributed by atoms with E-state index in [9.17, 15) is 0 Å². The first-order valence-electron chi connectivity index (χ1n) is 8.24. The van der Waals surface area contributed by atoms with Crippen LogP contribution in [0.1, 0.15) is 44.1 Å². The predicted molar refractivity (Wildman–Crippen MR) is 101 cm³/mol. The first kappa shape index (κ1) is 20.7. The maximum atomic E-state index is 8.77. The Bertz CT molecular complexity index is 413. The van der Waals surface area contributed by atoms with E-state index in [2.05, 4.69) is 24.6 Å². The van der Waals surface area contributed by atoms with Crippen LogP contribution in [0.2, 0.25) is 0 Å². The molecule has 0 radical (unpaired) electrons. The van der Waals surface area contributed by atoms with Crippen molar-refractivity contribution in [2.24, 2.45) is 0 Å². The molecule has 23 heavy (non-hydrogen) atoms. The van der Waals surface area contributed by atoms with Crippen molar-refractivity contribution in [1.82, 2.24) is 0 Å². The lowest BCUT2D eigenvalue weighted by Crippen LogP contribution is -2.02. The quantitative estimate of drug-likeness (QED) is 0.305. The summed E-state index contributed by atoms with van der Waals surface area (Å²) < 4.78 is 10.8. The lowest BCUT2D eigenvalue weighted by molar-refractivity contribution is 0.0470. The number of methoxy groups -OCH3 is 1. The fourth-order valence-electron chi connectivity index (χ4n) is 2.49. The van der Waals surface area contributed by atoms with Gasteiger partial charge in [-0.25, -0.2) is 0 Å². The Hall–Kier alpha value is -0.360. The van der Waals surface area contributed by atoms with E-state index >= 15 is 0 Å². The molecule has 0 aromatic heterocycles. The van der Waals surface area contributed by atoms with E-state index in [0.29, 0.717) is 6.61 Å². The Labute approximate surface area is 149 Å². The molecule has 132 valence electrons. The SMILES string of the molecule is COCOc1c(SC)cc(CCCCCCCCO)cc1SC. The van der Waals surface area contributed by atoms with E-state index in [1.165, 1.54) is 41.0 Å². The standard InChI is InChI=1S/C18H30O3S2/c1-20-14-21-18-16(22-2)12-15(13-17(18)23-3)10-8-6-4-5-7-9-11-19/h12-13,19H,4-11,14H2,1-3H3. The molecule has 0 saturated carbocycles. The summed E-state index contributed by atoms with van der Waals surface area (Å²) in [5.74, 6) is 0.944. The van der Waals surface area contributed by atoms with E-state index in [1.54, 1.807) is 30.6 Å². The van der Waals surface area contributed by atoms with E-state index in [4.69, 9.17) is 14.6 Å². The van der Waals surface area contributed by atoms with Gasteiger partial charge in [0.05, 0.1) is 9.79 Å². The fraction of sp³-hybridized carbons (Fsp3) is 0.667. The van der Waals surface area contributed by atoms with Crippen molar-refractivity contribution in [2.75, 3.05) is 33.0 Å². The number of hydrogen-bond acceptors (Lipinski definition) is 5. The van der Waals surface area contributed by atoms with Gasteiger partial charge >= 0.3 is 0 Å². The van der Waals surface area contributed by atoms with Crippen LogP contribution in [0.15, 0.2) is 21.9 Å². The summed E-state index contributed by atoms with van der Waals surface area (Å²) >= 11 is 3.45. The second-order valence-electron chi connectivity index (χ2n) is 5.48. The van der Waals surface area contributed by atoms with Crippen molar-refractivity contribution >= 4 is 23.5 Å². The molecule has 0 aliphatic carbocycles. The van der Waals surface area contributed by atoms with Crippen LogP contribution in [0.25, 0.3) is 0 Å². The molecule has 0 aliphatic heterocycles. The molecule has 0 unspecified atom stereocenters. The Morgan fingerprint density at radius 1 is 0.913 bits per heavy atom. The van der Waals surface area contributed by atoms with Gasteiger partial charge in [-0.05, 0) is 49.5 Å². The third-order valence-corrected chi connectivity index (χ3v) is 5.20. The average Bonchev–Trinajstić information content (AvgIpc) is 2.58. The van der Waals surface area contributed by atoms with Crippen molar-refractivity contribution in [3.05, 3.63) is 17.7 Å². The third-order valence-electron chi connectivity index (χ3n) is 3.72. The summed E-state index contributed by atoms with van der Waals surface area (Å²) in [5, 5.41) is 8.77. The van der Waals surface area contributed by atoms with Gasteiger partial charge in [0.2, 0.25) is 0 Å². The number of aliphatic hydroxyl groups is 1. The predicted octanol–water partition coefficient (Wildman–Crippen LogP) is 4.99. The number of rotatable bonds is 13. The molecule has 0 fully saturated rings. The van der Waals surface area contributed by atoms with Crippen LogP contribution in [0.4, 0.5) is 0 Å². The minimum atomic E-state index is 0.286. The van der Waals surface area contributed by atoms with E-state index in [1.807, 2.05) is 0 Å². The van der Waals surface area contributed by atoms with Crippen LogP contribution in [0.5, 0.6) is 5.75 Å². The number of benzene rings is 1. The first-order valence-corrected chi connectivity index (χ1v) is 10.7. The lowest BCUT2D eigenvalue weighted by atomic mass is 10.0. The van der Waals surface area contributed by atoms with Gasteiger partial charge in [-0.1, -0.05) is 25.7 Å². The highest BCUT2D eigenvalue weighted by Gasteiger charge is 2.11. The van der Waals surface area contributed by atoms with Gasteiger partial charge in [-0.15, -0.1) is 23.5 Å². The van der Waals surface area contributed by atoms with Gasteiger partial charge in [0.15, 0.2) is 6.79 Å². The summed E-state index contributed by atoms with van der Waals surface area (Å²) in [6, 6.07) is 4.50. The van der Waals surface area contributed by atoms with Gasteiger partial charge < -0.3 is 14.6 Å². The summed E-state index contributed by atoms with van der Waals surface area (Å²) in [7, 11) is 1.65. The van der Waals surface area contributed by atoms with Crippen molar-refractivity contribution in [1.29, 1.82) is 0 Å². The number of ether oxygens (including phenoxy) is 2. The van der Waals surface area contributed by atoms with E-state index in [-0.39, 0.29) is 6.79 Å². The third kappa shape index (κ3) is 7.84. The summed E-state index contributed by atoms with van der Waals surface area (Å²) in [5.41, 5.74) is 1.39. The molecule has 0 bridgehead atoms. The molecule has 0 spiro atoms. The lowest BCUT2D eigenvalue weighted by Gasteiger charge is -2.15. The Morgan fingerprint density at radius 2 is 1.48 bits per heavy atom. The molecular formula is C18H30O3S2. The first-order chi connectivity index (χ1) is 11.3. The molecule has 1 aromatic carbocycles. The Morgan fingerprint density at radius 3 is 2.00 bits per heavy atom. The molecule has 0 aliphatic rings. The highest BCUT2D eigenvalue weighted by atomic mass is 32.2. The molecule has 1 aromatic rings. The van der Waals surface area contributed by atoms with Crippen LogP contribution in [0.3, 0.4) is 0 Å². The van der Waals surface area contributed by atoms with Crippen LogP contribution >= 0.6 is 23.5 Å². The van der Waals surface area contributed by atoms with Crippen LogP contribution in [-0.2, 0) is 11.2 Å². The number of aliphatic hydroxyl groups excluding tert-OH is 1. The minimum absolute atomic E-state index is 0.286. The van der Waals surface area contributed by atoms with Crippen molar-refractivity contribution in [3.63, 3.8) is 0 Å². The van der Waals surface area contributed by atoms with E-state index in [0.717, 1.165) is 25.0 Å². The molecule has 0 atom stereocenters. The molecule has 0 heterocycles. The monoisotopic (exact) mass is 358 g/mol. The molecule has 3 nitrogen and oxygen atoms in total. The Balaban J connectivity index is 2.55. The second-order valence-corrected chi connectivity index (χ2v) is 7.17. The maximum absolute atomic E-state index is 8.77. The number of thioether (sulfide) groups is 2. The topological polar surface area (TPSA) is 38.7 Å². The summed E-state index contributed by atoms with van der Waals surface area (Å²) in [4.78, 5) is 2.37. The zero-order valence-corrected chi connectivity index (χ0v) is 16.2. The van der Waals surface area contributed by atoms with E-state index < -0.39 is 0 Å². The normalized spacial score (nSPS) is 11.0. The zero-order valence-electron chi connectivity index (χ0n) is 14.6. The number of hydrogen-bond donors (Lipinski definition) is 1. The van der Waals surface area contributed by atoms with Gasteiger partial charge in [-0.3, -0.25) is 0 Å². The second kappa shape index (κ2) is 13.0. The van der Waals surface area contributed by atoms with Crippen molar-refractivity contribution in [2.45, 2.75) is 54.7 Å². The minimum Gasteiger partial charge on any atom is -0.465 e. The molecule has 1 rings (SSSR count). The van der Waals surface area contributed by atoms with Crippen LogP contribution < -0.4 is 4.74 Å². The molecule has 0 saturated heterocycles. The van der Waals surface area contributed by atoms with Gasteiger partial charge in [-0.2, -0.15) is 0 Å². The largest absolute Gasteiger partial charge is 0.465 e. The average molecular weight is 359 g/mol. The molecule has 0 amide bonds. The summed E-state index contributed by atoms with van der Waals surface area (Å²) in [6.45, 7) is 0.612. The van der Waals surface area contributed by atoms with Crippen molar-refractivity contribution < 1.29 is 14.6 Å². The molecule has 1 N–H and O–H groups in total. The smallest absolute Gasteiger partial charge is 0.188 e. The highest BCUT2D eigenvalue weighted by molar-refractivity contribution is 7.99. The van der Waals surface area contributed by atoms with Gasteiger partial charge in [0, 0.05) is 13.7 Å². The fourth-order valence-corrected chi connectivity index (χ4v) is 3.80. The van der Waals surface area contributed by atoms with Crippen LogP contribution in [0, 0.1) is 0 Å². The number of unbranched alkanes of at least 4 members (excludes halogenated alkanes) is 5. The molecule has 5 heteroatoms. The highest BCUT2D eigenvalue weighted by Crippen LogP contribution is 2.38.